The second kappa shape index (κ2) is 9.18. The highest BCUT2D eigenvalue weighted by atomic mass is 32.2. The van der Waals surface area contributed by atoms with Crippen molar-refractivity contribution in [1.82, 2.24) is 15.2 Å². The van der Waals surface area contributed by atoms with E-state index in [1.54, 1.807) is 50.5 Å². The number of aromatic nitrogens is 3. The number of hydrogen-bond donors (Lipinski definition) is 2. The summed E-state index contributed by atoms with van der Waals surface area (Å²) in [5.41, 5.74) is 1.46. The Morgan fingerprint density at radius 2 is 1.96 bits per heavy atom. The molecular formula is C20H19FN4O2S. The van der Waals surface area contributed by atoms with Crippen LogP contribution in [0.2, 0.25) is 0 Å². The molecule has 0 saturated heterocycles. The zero-order valence-electron chi connectivity index (χ0n) is 15.3. The number of ether oxygens (including phenoxy) is 1. The Balaban J connectivity index is 1.59. The molecule has 1 atom stereocenters. The van der Waals surface area contributed by atoms with E-state index in [0.29, 0.717) is 22.4 Å². The fraction of sp³-hybridized carbons (Fsp3) is 0.150. The number of nitrogens with one attached hydrogen (secondary N) is 2. The standard InChI is InChI=1S/C20H19FN4O2S/c1-13(19(26)22-16-5-3-4-6-17(16)27-2)28-20-23-18(24-25-20)12-9-14-7-10-15(21)11-8-14/h3-13H,1-2H3,(H,22,26)(H,23,24,25)/b12-9+. The number of nitrogens with zero attached hydrogens (tertiary/aromatic N) is 2. The number of rotatable bonds is 7. The molecule has 0 aliphatic carbocycles. The lowest BCUT2D eigenvalue weighted by atomic mass is 10.2. The number of benzene rings is 2. The topological polar surface area (TPSA) is 79.9 Å². The number of carbonyl (C=O) groups is 1. The Labute approximate surface area is 166 Å². The van der Waals surface area contributed by atoms with Crippen molar-refractivity contribution in [2.75, 3.05) is 12.4 Å². The molecule has 0 saturated carbocycles. The zero-order chi connectivity index (χ0) is 19.9. The molecule has 1 unspecified atom stereocenters. The van der Waals surface area contributed by atoms with Crippen molar-refractivity contribution in [3.05, 3.63) is 65.7 Å². The number of anilines is 1. The van der Waals surface area contributed by atoms with Crippen molar-refractivity contribution >= 4 is 35.5 Å². The van der Waals surface area contributed by atoms with Crippen LogP contribution in [0, 0.1) is 5.82 Å². The van der Waals surface area contributed by atoms with E-state index in [1.165, 1.54) is 23.9 Å². The van der Waals surface area contributed by atoms with Gasteiger partial charge < -0.3 is 10.1 Å². The van der Waals surface area contributed by atoms with Crippen LogP contribution >= 0.6 is 11.8 Å². The molecule has 0 spiro atoms. The van der Waals surface area contributed by atoms with Crippen LogP contribution in [0.15, 0.2) is 53.7 Å². The van der Waals surface area contributed by atoms with Crippen molar-refractivity contribution in [3.8, 4) is 5.75 Å². The second-order valence-corrected chi connectivity index (χ2v) is 7.15. The van der Waals surface area contributed by atoms with Gasteiger partial charge in [-0.25, -0.2) is 9.37 Å². The van der Waals surface area contributed by atoms with Crippen LogP contribution in [0.25, 0.3) is 12.2 Å². The number of carbonyl (C=O) groups excluding carboxylic acids is 1. The fourth-order valence-corrected chi connectivity index (χ4v) is 3.06. The van der Waals surface area contributed by atoms with Gasteiger partial charge >= 0.3 is 0 Å². The first kappa shape index (κ1) is 19.6. The Morgan fingerprint density at radius 3 is 2.71 bits per heavy atom. The Hall–Kier alpha value is -3.13. The number of amides is 1. The van der Waals surface area contributed by atoms with E-state index < -0.39 is 5.25 Å². The third kappa shape index (κ3) is 5.20. The van der Waals surface area contributed by atoms with Gasteiger partial charge in [-0.1, -0.05) is 42.1 Å². The van der Waals surface area contributed by atoms with Gasteiger partial charge in [0.05, 0.1) is 18.0 Å². The van der Waals surface area contributed by atoms with E-state index in [1.807, 2.05) is 12.1 Å². The number of H-pyrrole nitrogens is 1. The highest BCUT2D eigenvalue weighted by Crippen LogP contribution is 2.26. The maximum absolute atomic E-state index is 12.9. The summed E-state index contributed by atoms with van der Waals surface area (Å²) in [6.07, 6.45) is 3.54. The van der Waals surface area contributed by atoms with Gasteiger partial charge in [-0.3, -0.25) is 9.89 Å². The van der Waals surface area contributed by atoms with Crippen LogP contribution < -0.4 is 10.1 Å². The summed E-state index contributed by atoms with van der Waals surface area (Å²) >= 11 is 1.24. The van der Waals surface area contributed by atoms with Crippen molar-refractivity contribution in [2.45, 2.75) is 17.3 Å². The summed E-state index contributed by atoms with van der Waals surface area (Å²) in [7, 11) is 1.55. The molecule has 1 aromatic heterocycles. The molecule has 2 aromatic carbocycles. The van der Waals surface area contributed by atoms with Crippen LogP contribution in [0.5, 0.6) is 5.75 Å². The van der Waals surface area contributed by atoms with E-state index in [9.17, 15) is 9.18 Å². The summed E-state index contributed by atoms with van der Waals surface area (Å²) < 4.78 is 18.2. The van der Waals surface area contributed by atoms with Gasteiger partial charge in [-0.2, -0.15) is 0 Å². The minimum atomic E-state index is -0.408. The summed E-state index contributed by atoms with van der Waals surface area (Å²) in [5.74, 6) is 0.682. The SMILES string of the molecule is COc1ccccc1NC(=O)C(C)Sc1n[nH]c(/C=C/c2ccc(F)cc2)n1. The highest BCUT2D eigenvalue weighted by molar-refractivity contribution is 8.00. The summed E-state index contributed by atoms with van der Waals surface area (Å²) in [6.45, 7) is 1.78. The molecule has 0 radical (unpaired) electrons. The number of methoxy groups -OCH3 is 1. The third-order valence-corrected chi connectivity index (χ3v) is 4.76. The average Bonchev–Trinajstić information content (AvgIpc) is 3.15. The molecule has 0 fully saturated rings. The molecule has 2 N–H and O–H groups in total. The number of para-hydroxylation sites is 2. The highest BCUT2D eigenvalue weighted by Gasteiger charge is 2.18. The second-order valence-electron chi connectivity index (χ2n) is 5.84. The predicted octanol–water partition coefficient (Wildman–Crippen LogP) is 4.24. The normalized spacial score (nSPS) is 12.1. The molecule has 0 aliphatic rings. The largest absolute Gasteiger partial charge is 0.495 e. The van der Waals surface area contributed by atoms with E-state index in [2.05, 4.69) is 20.5 Å². The van der Waals surface area contributed by atoms with Gasteiger partial charge in [0.15, 0.2) is 0 Å². The number of aromatic amines is 1. The average molecular weight is 398 g/mol. The number of halogens is 1. The van der Waals surface area contributed by atoms with Crippen LogP contribution in [0.3, 0.4) is 0 Å². The van der Waals surface area contributed by atoms with Gasteiger partial charge in [-0.05, 0) is 42.8 Å². The summed E-state index contributed by atoms with van der Waals surface area (Å²) in [5, 5.41) is 9.82. The summed E-state index contributed by atoms with van der Waals surface area (Å²) in [4.78, 5) is 16.8. The van der Waals surface area contributed by atoms with Crippen molar-refractivity contribution in [1.29, 1.82) is 0 Å². The minimum absolute atomic E-state index is 0.178. The van der Waals surface area contributed by atoms with E-state index >= 15 is 0 Å². The minimum Gasteiger partial charge on any atom is -0.495 e. The molecule has 8 heteroatoms. The zero-order valence-corrected chi connectivity index (χ0v) is 16.2. The quantitative estimate of drug-likeness (QED) is 0.582. The number of thioether (sulfide) groups is 1. The van der Waals surface area contributed by atoms with E-state index in [0.717, 1.165) is 5.56 Å². The smallest absolute Gasteiger partial charge is 0.237 e. The molecule has 144 valence electrons. The third-order valence-electron chi connectivity index (χ3n) is 3.80. The maximum Gasteiger partial charge on any atom is 0.237 e. The van der Waals surface area contributed by atoms with Gasteiger partial charge in [0.2, 0.25) is 11.1 Å². The van der Waals surface area contributed by atoms with Gasteiger partial charge in [0, 0.05) is 0 Å². The van der Waals surface area contributed by atoms with Gasteiger partial charge in [0.25, 0.3) is 0 Å². The molecule has 0 bridgehead atoms. The Morgan fingerprint density at radius 1 is 1.21 bits per heavy atom. The molecule has 6 nitrogen and oxygen atoms in total. The predicted molar refractivity (Wildman–Crippen MR) is 109 cm³/mol. The lowest BCUT2D eigenvalue weighted by Gasteiger charge is -2.12. The molecule has 1 heterocycles. The van der Waals surface area contributed by atoms with Crippen LogP contribution in [0.4, 0.5) is 10.1 Å². The molecule has 3 rings (SSSR count). The first-order valence-corrected chi connectivity index (χ1v) is 9.39. The van der Waals surface area contributed by atoms with Crippen molar-refractivity contribution in [3.63, 3.8) is 0 Å². The molecule has 3 aromatic rings. The fourth-order valence-electron chi connectivity index (χ4n) is 2.33. The molecule has 28 heavy (non-hydrogen) atoms. The van der Waals surface area contributed by atoms with Crippen LogP contribution in [0.1, 0.15) is 18.3 Å². The Kier molecular flexibility index (Phi) is 6.44. The maximum atomic E-state index is 12.9. The van der Waals surface area contributed by atoms with Crippen molar-refractivity contribution in [2.24, 2.45) is 0 Å². The summed E-state index contributed by atoms with van der Waals surface area (Å²) in [6, 6.07) is 13.3. The molecule has 1 amide bonds. The van der Waals surface area contributed by atoms with Crippen LogP contribution in [-0.4, -0.2) is 33.4 Å². The first-order valence-electron chi connectivity index (χ1n) is 8.52. The molecular weight excluding hydrogens is 379 g/mol. The van der Waals surface area contributed by atoms with E-state index in [4.69, 9.17) is 4.74 Å². The monoisotopic (exact) mass is 398 g/mol. The number of hydrogen-bond acceptors (Lipinski definition) is 5. The Bertz CT molecular complexity index is 972. The van der Waals surface area contributed by atoms with Gasteiger partial charge in [0.1, 0.15) is 17.4 Å². The van der Waals surface area contributed by atoms with E-state index in [-0.39, 0.29) is 11.7 Å². The lowest BCUT2D eigenvalue weighted by molar-refractivity contribution is -0.115. The van der Waals surface area contributed by atoms with Crippen LogP contribution in [-0.2, 0) is 4.79 Å². The first-order chi connectivity index (χ1) is 13.5. The van der Waals surface area contributed by atoms with Gasteiger partial charge in [-0.15, -0.1) is 5.10 Å². The molecule has 0 aliphatic heterocycles. The lowest BCUT2D eigenvalue weighted by Crippen LogP contribution is -2.22. The van der Waals surface area contributed by atoms with Crippen molar-refractivity contribution < 1.29 is 13.9 Å².